The molecule has 2 aliphatic rings. The number of nitrogens with zero attached hydrogens (tertiary/aromatic N) is 1. The van der Waals surface area contributed by atoms with Crippen LogP contribution >= 0.6 is 0 Å². The summed E-state index contributed by atoms with van der Waals surface area (Å²) in [6.45, 7) is 5.36. The van der Waals surface area contributed by atoms with Gasteiger partial charge in [0.1, 0.15) is 5.82 Å². The maximum absolute atomic E-state index is 13.3. The van der Waals surface area contributed by atoms with Crippen LogP contribution in [0.15, 0.2) is 18.2 Å². The van der Waals surface area contributed by atoms with Gasteiger partial charge < -0.3 is 10.2 Å². The van der Waals surface area contributed by atoms with Crippen molar-refractivity contribution in [2.75, 3.05) is 13.1 Å². The minimum absolute atomic E-state index is 0.131. The molecule has 2 nitrogen and oxygen atoms in total. The van der Waals surface area contributed by atoms with E-state index in [-0.39, 0.29) is 5.82 Å². The lowest BCUT2D eigenvalue weighted by atomic mass is 9.97. The molecule has 1 aromatic carbocycles. The number of nitrogens with one attached hydrogen (secondary N) is 1. The summed E-state index contributed by atoms with van der Waals surface area (Å²) in [4.78, 5) is 2.63. The number of aryl methyl sites for hydroxylation is 1. The largest absolute Gasteiger partial charge is 0.310 e. The Morgan fingerprint density at radius 3 is 3.11 bits per heavy atom. The third-order valence-corrected chi connectivity index (χ3v) is 4.71. The Morgan fingerprint density at radius 1 is 1.32 bits per heavy atom. The van der Waals surface area contributed by atoms with Gasteiger partial charge in [-0.2, -0.15) is 0 Å². The molecule has 0 bridgehead atoms. The maximum atomic E-state index is 13.3. The summed E-state index contributed by atoms with van der Waals surface area (Å²) in [7, 11) is 0. The number of hydrogen-bond donors (Lipinski definition) is 1. The molecule has 3 rings (SSSR count). The van der Waals surface area contributed by atoms with E-state index in [0.717, 1.165) is 18.2 Å². The second-order valence-electron chi connectivity index (χ2n) is 6.01. The van der Waals surface area contributed by atoms with Crippen molar-refractivity contribution in [1.29, 1.82) is 0 Å². The third kappa shape index (κ3) is 2.98. The molecule has 0 amide bonds. The molecule has 0 radical (unpaired) electrons. The van der Waals surface area contributed by atoms with Gasteiger partial charge in [-0.3, -0.25) is 0 Å². The molecule has 0 aromatic heterocycles. The Kier molecular flexibility index (Phi) is 3.85. The zero-order valence-corrected chi connectivity index (χ0v) is 11.7. The molecule has 2 heterocycles. The fourth-order valence-corrected chi connectivity index (χ4v) is 3.49. The normalized spacial score (nSPS) is 27.5. The first-order chi connectivity index (χ1) is 9.22. The number of hydrogen-bond acceptors (Lipinski definition) is 2. The van der Waals surface area contributed by atoms with E-state index >= 15 is 0 Å². The van der Waals surface area contributed by atoms with Crippen LogP contribution in [0, 0.1) is 12.7 Å². The Morgan fingerprint density at radius 2 is 2.21 bits per heavy atom. The van der Waals surface area contributed by atoms with Crippen molar-refractivity contribution in [3.05, 3.63) is 35.1 Å². The average Bonchev–Trinajstić information content (AvgIpc) is 2.87. The van der Waals surface area contributed by atoms with Crippen LogP contribution in [0.4, 0.5) is 4.39 Å². The Balaban J connectivity index is 1.56. The molecule has 0 spiro atoms. The quantitative estimate of drug-likeness (QED) is 0.901. The lowest BCUT2D eigenvalue weighted by Gasteiger charge is -2.35. The number of fused-ring (bicyclic) bond motifs is 1. The third-order valence-electron chi connectivity index (χ3n) is 4.71. The van der Waals surface area contributed by atoms with E-state index in [4.69, 9.17) is 0 Å². The van der Waals surface area contributed by atoms with Crippen LogP contribution in [0.25, 0.3) is 0 Å². The summed E-state index contributed by atoms with van der Waals surface area (Å²) < 4.78 is 13.3. The molecule has 1 aromatic rings. The minimum Gasteiger partial charge on any atom is -0.310 e. The van der Waals surface area contributed by atoms with Gasteiger partial charge in [0.05, 0.1) is 0 Å². The molecule has 19 heavy (non-hydrogen) atoms. The molecule has 2 unspecified atom stereocenters. The summed E-state index contributed by atoms with van der Waals surface area (Å²) in [5, 5.41) is 3.63. The smallest absolute Gasteiger partial charge is 0.123 e. The summed E-state index contributed by atoms with van der Waals surface area (Å²) >= 11 is 0. The van der Waals surface area contributed by atoms with E-state index in [2.05, 4.69) is 17.1 Å². The van der Waals surface area contributed by atoms with Gasteiger partial charge in [0.25, 0.3) is 0 Å². The molecule has 2 atom stereocenters. The maximum Gasteiger partial charge on any atom is 0.123 e. The van der Waals surface area contributed by atoms with Crippen LogP contribution in [0.2, 0.25) is 0 Å². The fourth-order valence-electron chi connectivity index (χ4n) is 3.49. The van der Waals surface area contributed by atoms with Gasteiger partial charge in [0, 0.05) is 18.6 Å². The van der Waals surface area contributed by atoms with Crippen LogP contribution in [0.1, 0.15) is 36.8 Å². The van der Waals surface area contributed by atoms with Crippen molar-refractivity contribution in [1.82, 2.24) is 10.2 Å². The minimum atomic E-state index is -0.131. The van der Waals surface area contributed by atoms with Gasteiger partial charge in [-0.15, -0.1) is 0 Å². The zero-order valence-electron chi connectivity index (χ0n) is 11.7. The van der Waals surface area contributed by atoms with Crippen molar-refractivity contribution >= 4 is 0 Å². The second-order valence-corrected chi connectivity index (χ2v) is 6.01. The Hall–Kier alpha value is -0.930. The summed E-state index contributed by atoms with van der Waals surface area (Å²) in [5.41, 5.74) is 2.26. The summed E-state index contributed by atoms with van der Waals surface area (Å²) in [6.07, 6.45) is 5.21. The SMILES string of the molecule is Cc1ccc(F)cc1CNC1CCN2CCCC2C1. The first-order valence-corrected chi connectivity index (χ1v) is 7.45. The Bertz CT molecular complexity index is 446. The summed E-state index contributed by atoms with van der Waals surface area (Å²) in [5.74, 6) is -0.131. The Labute approximate surface area is 115 Å². The van der Waals surface area contributed by atoms with E-state index in [0.29, 0.717) is 6.04 Å². The molecule has 1 N–H and O–H groups in total. The van der Waals surface area contributed by atoms with Gasteiger partial charge in [-0.05, 0) is 69.0 Å². The zero-order chi connectivity index (χ0) is 13.2. The van der Waals surface area contributed by atoms with E-state index in [9.17, 15) is 4.39 Å². The molecule has 104 valence electrons. The highest BCUT2D eigenvalue weighted by Gasteiger charge is 2.31. The molecule has 3 heteroatoms. The second kappa shape index (κ2) is 5.59. The number of benzene rings is 1. The van der Waals surface area contributed by atoms with Crippen LogP contribution in [-0.2, 0) is 6.54 Å². The lowest BCUT2D eigenvalue weighted by molar-refractivity contribution is 0.166. The first-order valence-electron chi connectivity index (χ1n) is 7.45. The highest BCUT2D eigenvalue weighted by atomic mass is 19.1. The number of halogens is 1. The van der Waals surface area contributed by atoms with Crippen molar-refractivity contribution in [3.63, 3.8) is 0 Å². The lowest BCUT2D eigenvalue weighted by Crippen LogP contribution is -2.45. The number of piperidine rings is 1. The van der Waals surface area contributed by atoms with Gasteiger partial charge >= 0.3 is 0 Å². The van der Waals surface area contributed by atoms with E-state index in [1.54, 1.807) is 6.07 Å². The molecule has 0 aliphatic carbocycles. The summed E-state index contributed by atoms with van der Waals surface area (Å²) in [6, 6.07) is 6.45. The van der Waals surface area contributed by atoms with Gasteiger partial charge in [0.2, 0.25) is 0 Å². The fraction of sp³-hybridized carbons (Fsp3) is 0.625. The first kappa shape index (κ1) is 13.1. The predicted octanol–water partition coefficient (Wildman–Crippen LogP) is 2.85. The highest BCUT2D eigenvalue weighted by Crippen LogP contribution is 2.27. The van der Waals surface area contributed by atoms with E-state index < -0.39 is 0 Å². The van der Waals surface area contributed by atoms with Crippen LogP contribution in [-0.4, -0.2) is 30.1 Å². The van der Waals surface area contributed by atoms with Crippen molar-refractivity contribution < 1.29 is 4.39 Å². The van der Waals surface area contributed by atoms with Crippen molar-refractivity contribution in [2.45, 2.75) is 51.2 Å². The predicted molar refractivity (Wildman–Crippen MR) is 75.6 cm³/mol. The van der Waals surface area contributed by atoms with Crippen LogP contribution < -0.4 is 5.32 Å². The van der Waals surface area contributed by atoms with Gasteiger partial charge in [-0.1, -0.05) is 6.07 Å². The molecular formula is C16H23FN2. The number of rotatable bonds is 3. The monoisotopic (exact) mass is 262 g/mol. The van der Waals surface area contributed by atoms with Gasteiger partial charge in [-0.25, -0.2) is 4.39 Å². The molecular weight excluding hydrogens is 239 g/mol. The molecule has 2 fully saturated rings. The van der Waals surface area contributed by atoms with Crippen LogP contribution in [0.5, 0.6) is 0 Å². The standard InChI is InChI=1S/C16H23FN2/c1-12-4-5-14(17)9-13(12)11-18-15-6-8-19-7-2-3-16(19)10-15/h4-5,9,15-16,18H,2-3,6-8,10-11H2,1H3. The van der Waals surface area contributed by atoms with Crippen molar-refractivity contribution in [3.8, 4) is 0 Å². The van der Waals surface area contributed by atoms with E-state index in [1.807, 2.05) is 6.07 Å². The average molecular weight is 262 g/mol. The van der Waals surface area contributed by atoms with Crippen LogP contribution in [0.3, 0.4) is 0 Å². The van der Waals surface area contributed by atoms with Crippen molar-refractivity contribution in [2.24, 2.45) is 0 Å². The molecule has 0 saturated carbocycles. The topological polar surface area (TPSA) is 15.3 Å². The highest BCUT2D eigenvalue weighted by molar-refractivity contribution is 5.26. The molecule has 2 aliphatic heterocycles. The van der Waals surface area contributed by atoms with E-state index in [1.165, 1.54) is 50.4 Å². The van der Waals surface area contributed by atoms with Gasteiger partial charge in [0.15, 0.2) is 0 Å². The molecule has 2 saturated heterocycles.